The van der Waals surface area contributed by atoms with E-state index in [9.17, 15) is 0 Å². The average Bonchev–Trinajstić information content (AvgIpc) is 2.81. The van der Waals surface area contributed by atoms with Gasteiger partial charge in [-0.2, -0.15) is 0 Å². The highest BCUT2D eigenvalue weighted by Gasteiger charge is 2.62. The summed E-state index contributed by atoms with van der Waals surface area (Å²) in [6.07, 6.45) is 9.59. The Labute approximate surface area is 138 Å². The summed E-state index contributed by atoms with van der Waals surface area (Å²) in [4.78, 5) is 2.92. The van der Waals surface area contributed by atoms with Crippen molar-refractivity contribution in [3.63, 3.8) is 0 Å². The van der Waals surface area contributed by atoms with E-state index in [0.29, 0.717) is 16.2 Å². The molecule has 0 saturated heterocycles. The van der Waals surface area contributed by atoms with Crippen molar-refractivity contribution in [3.8, 4) is 0 Å². The molecule has 0 aliphatic heterocycles. The van der Waals surface area contributed by atoms with Crippen LogP contribution in [0.3, 0.4) is 0 Å². The molecular weight excluding hydrogens is 296 g/mol. The number of hydrogen-bond acceptors (Lipinski definition) is 1. The molecule has 5 rings (SSSR count). The molecule has 1 heterocycles. The Morgan fingerprint density at radius 3 is 2.33 bits per heavy atom. The maximum Gasteiger partial charge on any atom is 0.0735 e. The summed E-state index contributed by atoms with van der Waals surface area (Å²) in [7, 11) is 0. The second-order valence-corrected chi connectivity index (χ2v) is 10.6. The zero-order valence-electron chi connectivity index (χ0n) is 13.5. The molecule has 21 heavy (non-hydrogen) atoms. The van der Waals surface area contributed by atoms with Gasteiger partial charge >= 0.3 is 0 Å². The topological polar surface area (TPSA) is 0 Å². The predicted molar refractivity (Wildman–Crippen MR) is 92.1 cm³/mol. The molecule has 3 unspecified atom stereocenters. The minimum atomic E-state index is 0.241. The van der Waals surface area contributed by atoms with Crippen molar-refractivity contribution in [1.29, 1.82) is 0 Å². The van der Waals surface area contributed by atoms with Gasteiger partial charge in [0, 0.05) is 9.75 Å². The van der Waals surface area contributed by atoms with E-state index in [0.717, 1.165) is 12.3 Å². The monoisotopic (exact) mass is 322 g/mol. The lowest BCUT2D eigenvalue weighted by Crippen LogP contribution is -2.56. The average molecular weight is 323 g/mol. The van der Waals surface area contributed by atoms with Gasteiger partial charge in [0.2, 0.25) is 0 Å². The summed E-state index contributed by atoms with van der Waals surface area (Å²) in [5.74, 6) is 0.933. The first kappa shape index (κ1) is 14.6. The van der Waals surface area contributed by atoms with Gasteiger partial charge in [-0.25, -0.2) is 0 Å². The number of hydrogen-bond donors (Lipinski definition) is 0. The molecule has 4 aliphatic rings. The van der Waals surface area contributed by atoms with E-state index >= 15 is 0 Å². The normalized spacial score (nSPS) is 46.0. The Balaban J connectivity index is 1.70. The SMILES string of the molecule is CCc1ccc(C(Cl)C23CC4CC(C)(CC(C)(C4)C2)C3)s1. The highest BCUT2D eigenvalue weighted by molar-refractivity contribution is 7.12. The molecule has 4 fully saturated rings. The Morgan fingerprint density at radius 1 is 1.14 bits per heavy atom. The summed E-state index contributed by atoms with van der Waals surface area (Å²) in [6, 6.07) is 4.60. The maximum absolute atomic E-state index is 7.13. The van der Waals surface area contributed by atoms with Gasteiger partial charge < -0.3 is 0 Å². The second-order valence-electron chi connectivity index (χ2n) is 9.01. The minimum absolute atomic E-state index is 0.241. The van der Waals surface area contributed by atoms with E-state index in [1.807, 2.05) is 11.3 Å². The molecule has 0 N–H and O–H groups in total. The van der Waals surface area contributed by atoms with Crippen LogP contribution < -0.4 is 0 Å². The molecule has 3 atom stereocenters. The van der Waals surface area contributed by atoms with Gasteiger partial charge in [0.25, 0.3) is 0 Å². The number of halogens is 1. The lowest BCUT2D eigenvalue weighted by atomic mass is 9.39. The van der Waals surface area contributed by atoms with Crippen molar-refractivity contribution in [1.82, 2.24) is 0 Å². The van der Waals surface area contributed by atoms with Crippen LogP contribution in [0.2, 0.25) is 0 Å². The molecule has 1 aromatic heterocycles. The first-order chi connectivity index (χ1) is 9.85. The Hall–Kier alpha value is -0.0100. The number of thiophene rings is 1. The van der Waals surface area contributed by atoms with Crippen LogP contribution in [0.4, 0.5) is 0 Å². The van der Waals surface area contributed by atoms with Crippen LogP contribution in [0.15, 0.2) is 12.1 Å². The summed E-state index contributed by atoms with van der Waals surface area (Å²) >= 11 is 9.09. The molecule has 0 aromatic carbocycles. The highest BCUT2D eigenvalue weighted by Crippen LogP contribution is 2.73. The van der Waals surface area contributed by atoms with Crippen LogP contribution in [0, 0.1) is 22.2 Å². The van der Waals surface area contributed by atoms with Crippen LogP contribution >= 0.6 is 22.9 Å². The fraction of sp³-hybridized carbons (Fsp3) is 0.789. The molecule has 4 bridgehead atoms. The zero-order chi connectivity index (χ0) is 14.9. The molecular formula is C19H27ClS. The minimum Gasteiger partial charge on any atom is -0.144 e. The van der Waals surface area contributed by atoms with Crippen molar-refractivity contribution < 1.29 is 0 Å². The second kappa shape index (κ2) is 4.51. The quantitative estimate of drug-likeness (QED) is 0.551. The number of alkyl halides is 1. The van der Waals surface area contributed by atoms with Gasteiger partial charge in [-0.1, -0.05) is 20.8 Å². The van der Waals surface area contributed by atoms with Gasteiger partial charge in [0.1, 0.15) is 0 Å². The smallest absolute Gasteiger partial charge is 0.0735 e. The lowest BCUT2D eigenvalue weighted by molar-refractivity contribution is -0.146. The zero-order valence-corrected chi connectivity index (χ0v) is 15.1. The van der Waals surface area contributed by atoms with E-state index in [4.69, 9.17) is 11.6 Å². The van der Waals surface area contributed by atoms with Crippen molar-refractivity contribution in [2.45, 2.75) is 71.1 Å². The van der Waals surface area contributed by atoms with Gasteiger partial charge in [-0.05, 0) is 79.2 Å². The van der Waals surface area contributed by atoms with Gasteiger partial charge in [0.15, 0.2) is 0 Å². The molecule has 4 saturated carbocycles. The van der Waals surface area contributed by atoms with Crippen LogP contribution in [0.1, 0.15) is 74.4 Å². The molecule has 0 amide bonds. The molecule has 116 valence electrons. The fourth-order valence-corrected chi connectivity index (χ4v) is 8.36. The lowest BCUT2D eigenvalue weighted by Gasteiger charge is -2.66. The summed E-state index contributed by atoms with van der Waals surface area (Å²) in [5.41, 5.74) is 1.50. The van der Waals surface area contributed by atoms with E-state index in [1.54, 1.807) is 0 Å². The van der Waals surface area contributed by atoms with E-state index in [1.165, 1.54) is 48.3 Å². The largest absolute Gasteiger partial charge is 0.144 e. The third kappa shape index (κ3) is 2.22. The van der Waals surface area contributed by atoms with Crippen molar-refractivity contribution in [2.24, 2.45) is 22.2 Å². The van der Waals surface area contributed by atoms with Crippen molar-refractivity contribution in [3.05, 3.63) is 21.9 Å². The molecule has 1 aromatic rings. The van der Waals surface area contributed by atoms with Crippen molar-refractivity contribution in [2.75, 3.05) is 0 Å². The van der Waals surface area contributed by atoms with Gasteiger partial charge in [0.05, 0.1) is 5.38 Å². The summed E-state index contributed by atoms with van der Waals surface area (Å²) in [6.45, 7) is 7.33. The van der Waals surface area contributed by atoms with Gasteiger partial charge in [-0.15, -0.1) is 22.9 Å². The first-order valence-electron chi connectivity index (χ1n) is 8.58. The highest BCUT2D eigenvalue weighted by atomic mass is 35.5. The van der Waals surface area contributed by atoms with E-state index in [2.05, 4.69) is 32.9 Å². The first-order valence-corrected chi connectivity index (χ1v) is 9.83. The maximum atomic E-state index is 7.13. The molecule has 0 radical (unpaired) electrons. The van der Waals surface area contributed by atoms with Crippen molar-refractivity contribution >= 4 is 22.9 Å². The molecule has 0 nitrogen and oxygen atoms in total. The number of rotatable bonds is 3. The van der Waals surface area contributed by atoms with Crippen LogP contribution in [0.5, 0.6) is 0 Å². The van der Waals surface area contributed by atoms with Crippen LogP contribution in [-0.2, 0) is 6.42 Å². The summed E-state index contributed by atoms with van der Waals surface area (Å²) < 4.78 is 0. The van der Waals surface area contributed by atoms with E-state index in [-0.39, 0.29) is 5.38 Å². The fourth-order valence-electron chi connectivity index (χ4n) is 6.84. The molecule has 4 aliphatic carbocycles. The number of aryl methyl sites for hydroxylation is 1. The van der Waals surface area contributed by atoms with E-state index < -0.39 is 0 Å². The van der Waals surface area contributed by atoms with Crippen LogP contribution in [0.25, 0.3) is 0 Å². The third-order valence-electron chi connectivity index (χ3n) is 6.49. The van der Waals surface area contributed by atoms with Crippen LogP contribution in [-0.4, -0.2) is 0 Å². The predicted octanol–water partition coefficient (Wildman–Crippen LogP) is 6.59. The molecule has 2 heteroatoms. The standard InChI is InChI=1S/C19H27ClS/c1-4-14-5-6-15(21-14)16(20)19-9-13-7-17(2,11-19)10-18(3,8-13)12-19/h5-6,13,16H,4,7-12H2,1-3H3. The third-order valence-corrected chi connectivity index (χ3v) is 8.61. The van der Waals surface area contributed by atoms with Gasteiger partial charge in [-0.3, -0.25) is 0 Å². The Morgan fingerprint density at radius 2 is 1.81 bits per heavy atom. The molecule has 0 spiro atoms. The Kier molecular flexibility index (Phi) is 3.13. The summed E-state index contributed by atoms with van der Waals surface area (Å²) in [5, 5.41) is 0.241. The Bertz CT molecular complexity index is 542.